The highest BCUT2D eigenvalue weighted by atomic mass is 16.2. The van der Waals surface area contributed by atoms with Crippen LogP contribution in [-0.2, 0) is 9.59 Å². The number of carbonyl (C=O) groups excluding carboxylic acids is 2. The number of hydrogen-bond acceptors (Lipinski definition) is 4. The molecule has 17 heavy (non-hydrogen) atoms. The molecule has 1 atom stereocenters. The molecule has 2 amide bonds. The van der Waals surface area contributed by atoms with Crippen LogP contribution in [0.5, 0.6) is 0 Å². The summed E-state index contributed by atoms with van der Waals surface area (Å²) in [5.41, 5.74) is 2.52. The Labute approximate surface area is 100 Å². The summed E-state index contributed by atoms with van der Waals surface area (Å²) in [7, 11) is 0. The molecule has 6 nitrogen and oxygen atoms in total. The minimum absolute atomic E-state index is 0.194. The lowest BCUT2D eigenvalue weighted by molar-refractivity contribution is -0.121. The summed E-state index contributed by atoms with van der Waals surface area (Å²) in [4.78, 5) is 22.6. The Balaban J connectivity index is 2.54. The van der Waals surface area contributed by atoms with Gasteiger partial charge in [0.1, 0.15) is 11.8 Å². The van der Waals surface area contributed by atoms with Crippen molar-refractivity contribution in [2.45, 2.75) is 39.2 Å². The van der Waals surface area contributed by atoms with E-state index in [0.29, 0.717) is 18.8 Å². The number of nitriles is 1. The molecule has 0 fully saturated rings. The van der Waals surface area contributed by atoms with Crippen LogP contribution >= 0.6 is 0 Å². The number of nitrogens with one attached hydrogen (secondary N) is 2. The lowest BCUT2D eigenvalue weighted by Gasteiger charge is -2.16. The van der Waals surface area contributed by atoms with E-state index in [-0.39, 0.29) is 23.9 Å². The fourth-order valence-corrected chi connectivity index (χ4v) is 1.49. The molecule has 0 aromatic rings. The van der Waals surface area contributed by atoms with Crippen LogP contribution in [0.2, 0.25) is 0 Å². The van der Waals surface area contributed by atoms with Crippen LogP contribution in [0.4, 0.5) is 0 Å². The first-order valence-electron chi connectivity index (χ1n) is 5.58. The molecule has 0 aromatic carbocycles. The second kappa shape index (κ2) is 5.99. The molecule has 0 spiro atoms. The van der Waals surface area contributed by atoms with Crippen molar-refractivity contribution in [1.29, 1.82) is 5.26 Å². The van der Waals surface area contributed by atoms with Crippen molar-refractivity contribution >= 4 is 17.5 Å². The average molecular weight is 236 g/mol. The molecule has 92 valence electrons. The first kappa shape index (κ1) is 13.2. The standard InChI is InChI=1S/C11H16N4O2/c1-7(2)5-8(6-12)13-11(17)9-3-4-10(16)15-14-9/h7-8H,3-5H2,1-2H3,(H,13,17)(H,15,16). The van der Waals surface area contributed by atoms with Gasteiger partial charge in [-0.15, -0.1) is 0 Å². The molecule has 1 unspecified atom stereocenters. The van der Waals surface area contributed by atoms with Crippen molar-refractivity contribution in [3.8, 4) is 6.07 Å². The Morgan fingerprint density at radius 1 is 1.59 bits per heavy atom. The number of nitrogens with zero attached hydrogens (tertiary/aromatic N) is 2. The SMILES string of the molecule is CC(C)CC(C#N)NC(=O)C1=NNC(=O)CC1. The maximum absolute atomic E-state index is 11.7. The van der Waals surface area contributed by atoms with E-state index in [1.54, 1.807) is 0 Å². The zero-order chi connectivity index (χ0) is 12.8. The molecule has 0 saturated carbocycles. The van der Waals surface area contributed by atoms with Crippen LogP contribution < -0.4 is 10.7 Å². The highest BCUT2D eigenvalue weighted by molar-refractivity contribution is 6.39. The van der Waals surface area contributed by atoms with Crippen molar-refractivity contribution < 1.29 is 9.59 Å². The minimum Gasteiger partial charge on any atom is -0.335 e. The Bertz CT molecular complexity index is 381. The summed E-state index contributed by atoms with van der Waals surface area (Å²) in [6.07, 6.45) is 1.17. The van der Waals surface area contributed by atoms with Crippen molar-refractivity contribution in [2.24, 2.45) is 11.0 Å². The molecule has 0 aliphatic carbocycles. The van der Waals surface area contributed by atoms with Gasteiger partial charge in [-0.2, -0.15) is 10.4 Å². The number of amides is 2. The Morgan fingerprint density at radius 2 is 2.29 bits per heavy atom. The number of hydrazone groups is 1. The van der Waals surface area contributed by atoms with E-state index in [1.807, 2.05) is 19.9 Å². The lowest BCUT2D eigenvalue weighted by atomic mass is 10.0. The topological polar surface area (TPSA) is 94.3 Å². The maximum Gasteiger partial charge on any atom is 0.268 e. The second-order valence-electron chi connectivity index (χ2n) is 4.38. The molecular weight excluding hydrogens is 220 g/mol. The summed E-state index contributed by atoms with van der Waals surface area (Å²) in [5.74, 6) is -0.245. The van der Waals surface area contributed by atoms with E-state index in [2.05, 4.69) is 15.8 Å². The van der Waals surface area contributed by atoms with Gasteiger partial charge in [0.15, 0.2) is 0 Å². The Morgan fingerprint density at radius 3 is 2.76 bits per heavy atom. The van der Waals surface area contributed by atoms with Gasteiger partial charge >= 0.3 is 0 Å². The first-order valence-corrected chi connectivity index (χ1v) is 5.58. The summed E-state index contributed by atoms with van der Waals surface area (Å²) in [5, 5.41) is 15.2. The average Bonchev–Trinajstić information content (AvgIpc) is 2.28. The molecule has 0 radical (unpaired) electrons. The zero-order valence-electron chi connectivity index (χ0n) is 9.99. The molecule has 2 N–H and O–H groups in total. The fraction of sp³-hybridized carbons (Fsp3) is 0.636. The zero-order valence-corrected chi connectivity index (χ0v) is 9.99. The predicted octanol–water partition coefficient (Wildman–Crippen LogP) is 0.307. The molecule has 0 aromatic heterocycles. The van der Waals surface area contributed by atoms with E-state index in [1.165, 1.54) is 0 Å². The van der Waals surface area contributed by atoms with Gasteiger partial charge in [-0.1, -0.05) is 13.8 Å². The monoisotopic (exact) mass is 236 g/mol. The smallest absolute Gasteiger partial charge is 0.268 e. The second-order valence-corrected chi connectivity index (χ2v) is 4.38. The molecule has 0 saturated heterocycles. The van der Waals surface area contributed by atoms with Crippen molar-refractivity contribution in [3.63, 3.8) is 0 Å². The summed E-state index contributed by atoms with van der Waals surface area (Å²) in [6.45, 7) is 3.96. The molecule has 1 aliphatic rings. The molecule has 1 aliphatic heterocycles. The van der Waals surface area contributed by atoms with E-state index in [4.69, 9.17) is 5.26 Å². The van der Waals surface area contributed by atoms with E-state index in [9.17, 15) is 9.59 Å². The number of rotatable bonds is 4. The van der Waals surface area contributed by atoms with Gasteiger partial charge in [0.25, 0.3) is 5.91 Å². The van der Waals surface area contributed by atoms with Crippen LogP contribution in [0.3, 0.4) is 0 Å². The van der Waals surface area contributed by atoms with Crippen molar-refractivity contribution in [2.75, 3.05) is 0 Å². The molecule has 1 heterocycles. The lowest BCUT2D eigenvalue weighted by Crippen LogP contribution is -2.42. The van der Waals surface area contributed by atoms with Crippen LogP contribution in [0, 0.1) is 17.2 Å². The third-order valence-electron chi connectivity index (χ3n) is 2.33. The van der Waals surface area contributed by atoms with Crippen LogP contribution in [0.15, 0.2) is 5.10 Å². The van der Waals surface area contributed by atoms with Gasteiger partial charge in [-0.3, -0.25) is 9.59 Å². The molecular formula is C11H16N4O2. The van der Waals surface area contributed by atoms with Gasteiger partial charge in [-0.25, -0.2) is 5.43 Å². The quantitative estimate of drug-likeness (QED) is 0.735. The maximum atomic E-state index is 11.7. The number of hydrogen-bond donors (Lipinski definition) is 2. The summed E-state index contributed by atoms with van der Waals surface area (Å²) in [6, 6.07) is 1.53. The van der Waals surface area contributed by atoms with E-state index < -0.39 is 6.04 Å². The summed E-state index contributed by atoms with van der Waals surface area (Å²) >= 11 is 0. The Hall–Kier alpha value is -1.90. The van der Waals surface area contributed by atoms with E-state index >= 15 is 0 Å². The molecule has 0 bridgehead atoms. The highest BCUT2D eigenvalue weighted by Gasteiger charge is 2.21. The number of carbonyl (C=O) groups is 2. The van der Waals surface area contributed by atoms with E-state index in [0.717, 1.165) is 0 Å². The van der Waals surface area contributed by atoms with Gasteiger partial charge in [-0.05, 0) is 12.3 Å². The van der Waals surface area contributed by atoms with Crippen molar-refractivity contribution in [3.05, 3.63) is 0 Å². The summed E-state index contributed by atoms with van der Waals surface area (Å²) < 4.78 is 0. The third-order valence-corrected chi connectivity index (χ3v) is 2.33. The first-order chi connectivity index (χ1) is 8.02. The van der Waals surface area contributed by atoms with Gasteiger partial charge in [0, 0.05) is 12.8 Å². The predicted molar refractivity (Wildman–Crippen MR) is 61.8 cm³/mol. The normalized spacial score (nSPS) is 16.8. The van der Waals surface area contributed by atoms with Gasteiger partial charge in [0.2, 0.25) is 5.91 Å². The molecule has 6 heteroatoms. The highest BCUT2D eigenvalue weighted by Crippen LogP contribution is 2.05. The van der Waals surface area contributed by atoms with Gasteiger partial charge < -0.3 is 5.32 Å². The molecule has 1 rings (SSSR count). The van der Waals surface area contributed by atoms with Crippen LogP contribution in [0.25, 0.3) is 0 Å². The largest absolute Gasteiger partial charge is 0.335 e. The fourth-order valence-electron chi connectivity index (χ4n) is 1.49. The van der Waals surface area contributed by atoms with Crippen molar-refractivity contribution in [1.82, 2.24) is 10.7 Å². The van der Waals surface area contributed by atoms with Crippen LogP contribution in [-0.4, -0.2) is 23.6 Å². The van der Waals surface area contributed by atoms with Gasteiger partial charge in [0.05, 0.1) is 6.07 Å². The third kappa shape index (κ3) is 4.23. The Kier molecular flexibility index (Phi) is 4.64. The minimum atomic E-state index is -0.511. The van der Waals surface area contributed by atoms with Crippen LogP contribution in [0.1, 0.15) is 33.1 Å².